The van der Waals surface area contributed by atoms with Crippen LogP contribution >= 0.6 is 11.3 Å². The van der Waals surface area contributed by atoms with Crippen LogP contribution in [0.3, 0.4) is 0 Å². The molecule has 18 heteroatoms. The van der Waals surface area contributed by atoms with Crippen LogP contribution in [0, 0.1) is 33.6 Å². The van der Waals surface area contributed by atoms with Crippen molar-refractivity contribution in [1.29, 1.82) is 0 Å². The summed E-state index contributed by atoms with van der Waals surface area (Å²) in [5, 5.41) is 16.9. The number of H-pyrrole nitrogens is 1. The van der Waals surface area contributed by atoms with Crippen LogP contribution in [-0.4, -0.2) is 125 Å². The van der Waals surface area contributed by atoms with E-state index in [1.807, 2.05) is 114 Å². The lowest BCUT2D eigenvalue weighted by Gasteiger charge is -2.37. The summed E-state index contributed by atoms with van der Waals surface area (Å²) < 4.78 is 24.2. The quantitative estimate of drug-likeness (QED) is 0.0396. The Balaban J connectivity index is 0.754. The van der Waals surface area contributed by atoms with Crippen molar-refractivity contribution in [3.05, 3.63) is 151 Å². The standard InChI is InChI=1S/C65H79N7O10S/c1-8-70(50-22-26-80-27-23-50)56-32-49(31-54(43(56)6)61(74)67-36-55-41(4)30-42(5)69-62(55)75)45-18-20-52(21-19-45)81-25-13-9-12-24-79-28-29-82-58-33-46(60-44(7)68-39-83-60)16-17-47(58)35-66-63(76)57-34-51(73)38-71(57)65(78)59(40(2)3)72-37-48-14-10-11-15-53(48)64(72)77/h10-11,14-21,30-33,39-40,50-51,57,59,73H,8-9,12-13,22-29,34-38H2,1-7H3,(H,66,76)(H,67,74)(H,69,75)/t51-,57+,59?/m1/s1. The second-order valence-corrected chi connectivity index (χ2v) is 23.2. The first kappa shape index (κ1) is 60.2. The number of benzene rings is 4. The first-order valence-electron chi connectivity index (χ1n) is 29.2. The van der Waals surface area contributed by atoms with Crippen LogP contribution in [-0.2, 0) is 38.7 Å². The number of carbonyl (C=O) groups excluding carboxylic acids is 4. The summed E-state index contributed by atoms with van der Waals surface area (Å²) in [6.45, 7) is 18.1. The average Bonchev–Trinajstić information content (AvgIpc) is 3.33. The van der Waals surface area contributed by atoms with E-state index >= 15 is 0 Å². The molecule has 440 valence electrons. The summed E-state index contributed by atoms with van der Waals surface area (Å²) in [5.41, 5.74) is 12.1. The van der Waals surface area contributed by atoms with E-state index in [0.29, 0.717) is 62.0 Å². The third kappa shape index (κ3) is 14.3. The number of fused-ring (bicyclic) bond motifs is 1. The van der Waals surface area contributed by atoms with Gasteiger partial charge in [-0.3, -0.25) is 24.0 Å². The number of likely N-dealkylation sites (tertiary alicyclic amines) is 1. The van der Waals surface area contributed by atoms with Gasteiger partial charge >= 0.3 is 0 Å². The molecular weight excluding hydrogens is 1070 g/mol. The molecule has 2 saturated heterocycles. The molecule has 6 aromatic rings. The van der Waals surface area contributed by atoms with Crippen LogP contribution in [0.1, 0.15) is 119 Å². The molecule has 4 amide bonds. The number of pyridine rings is 1. The van der Waals surface area contributed by atoms with E-state index in [4.69, 9.17) is 18.9 Å². The maximum absolute atomic E-state index is 14.3. The van der Waals surface area contributed by atoms with Crippen LogP contribution in [0.5, 0.6) is 11.5 Å². The number of hydrogen-bond acceptors (Lipinski definition) is 13. The minimum Gasteiger partial charge on any atom is -0.494 e. The highest BCUT2D eigenvalue weighted by Crippen LogP contribution is 2.36. The van der Waals surface area contributed by atoms with Gasteiger partial charge in [0, 0.05) is 98.6 Å². The highest BCUT2D eigenvalue weighted by molar-refractivity contribution is 7.13. The van der Waals surface area contributed by atoms with E-state index in [1.165, 1.54) is 16.2 Å². The number of amides is 4. The van der Waals surface area contributed by atoms with Gasteiger partial charge in [0.1, 0.15) is 30.2 Å². The number of β-amino-alcohol motifs (C(OH)–C–C–N with tert-alkyl or cyclic N) is 1. The number of aliphatic hydroxyl groups is 1. The number of carbonyl (C=O) groups is 4. The summed E-state index contributed by atoms with van der Waals surface area (Å²) >= 11 is 1.54. The number of unbranched alkanes of at least 4 members (excludes halogenated alkanes) is 2. The minimum absolute atomic E-state index is 0.00269. The Labute approximate surface area is 490 Å². The number of anilines is 1. The SMILES string of the molecule is CCN(c1cc(-c2ccc(OCCCCCOCCOc3cc(-c4scnc4C)ccc3CNC(=O)[C@@H]3C[C@@H](O)CN3C(=O)C(C(C)C)N3Cc4ccccc4C3=O)cc2)cc(C(=O)NCc2c(C)cc(C)[nH]c2=O)c1C)C1CCOCC1. The van der Waals surface area contributed by atoms with Crippen molar-refractivity contribution in [2.24, 2.45) is 5.92 Å². The molecule has 0 saturated carbocycles. The molecular formula is C65H79N7O10S. The molecule has 4 aromatic carbocycles. The summed E-state index contributed by atoms with van der Waals surface area (Å²) in [4.78, 5) is 82.4. The Hall–Kier alpha value is -7.38. The highest BCUT2D eigenvalue weighted by atomic mass is 32.1. The normalized spacial score (nSPS) is 16.5. The van der Waals surface area contributed by atoms with E-state index in [9.17, 15) is 29.1 Å². The predicted octanol–water partition coefficient (Wildman–Crippen LogP) is 9.24. The summed E-state index contributed by atoms with van der Waals surface area (Å²) in [6.07, 6.45) is 3.59. The van der Waals surface area contributed by atoms with Crippen LogP contribution < -0.4 is 30.6 Å². The average molecular weight is 1150 g/mol. The second kappa shape index (κ2) is 27.8. The summed E-state index contributed by atoms with van der Waals surface area (Å²) in [7, 11) is 0. The van der Waals surface area contributed by atoms with Gasteiger partial charge in [-0.05, 0) is 148 Å². The van der Waals surface area contributed by atoms with Gasteiger partial charge in [0.25, 0.3) is 17.4 Å². The van der Waals surface area contributed by atoms with Gasteiger partial charge in [0.05, 0.1) is 35.4 Å². The fourth-order valence-electron chi connectivity index (χ4n) is 11.7. The van der Waals surface area contributed by atoms with Crippen molar-refractivity contribution >= 4 is 40.7 Å². The summed E-state index contributed by atoms with van der Waals surface area (Å²) in [5.74, 6) is -0.0883. The molecule has 1 unspecified atom stereocenters. The summed E-state index contributed by atoms with van der Waals surface area (Å²) in [6, 6.07) is 25.8. The van der Waals surface area contributed by atoms with Crippen LogP contribution in [0.2, 0.25) is 0 Å². The maximum atomic E-state index is 14.3. The predicted molar refractivity (Wildman–Crippen MR) is 322 cm³/mol. The van der Waals surface area contributed by atoms with Gasteiger partial charge in [-0.1, -0.05) is 56.3 Å². The molecule has 3 aliphatic rings. The molecule has 5 heterocycles. The number of rotatable bonds is 25. The van der Waals surface area contributed by atoms with E-state index in [-0.39, 0.29) is 67.9 Å². The zero-order chi connectivity index (χ0) is 58.7. The third-order valence-corrected chi connectivity index (χ3v) is 17.1. The van der Waals surface area contributed by atoms with Gasteiger partial charge < -0.3 is 54.4 Å². The van der Waals surface area contributed by atoms with Crippen molar-refractivity contribution < 1.29 is 43.2 Å². The van der Waals surface area contributed by atoms with Crippen molar-refractivity contribution in [3.63, 3.8) is 0 Å². The highest BCUT2D eigenvalue weighted by Gasteiger charge is 2.46. The number of thiazole rings is 1. The monoisotopic (exact) mass is 1150 g/mol. The fraction of sp³-hybridized carbons (Fsp3) is 0.446. The first-order chi connectivity index (χ1) is 40.1. The molecule has 0 radical (unpaired) electrons. The maximum Gasteiger partial charge on any atom is 0.255 e. The number of nitrogens with one attached hydrogen (secondary N) is 3. The number of ether oxygens (including phenoxy) is 4. The topological polar surface area (TPSA) is 205 Å². The van der Waals surface area contributed by atoms with E-state index < -0.39 is 24.1 Å². The Morgan fingerprint density at radius 1 is 0.855 bits per heavy atom. The number of nitrogens with zero attached hydrogens (tertiary/aromatic N) is 4. The molecule has 0 aliphatic carbocycles. The lowest BCUT2D eigenvalue weighted by molar-refractivity contribution is -0.143. The molecule has 2 aromatic heterocycles. The van der Waals surface area contributed by atoms with Gasteiger partial charge in [-0.15, -0.1) is 11.3 Å². The first-order valence-corrected chi connectivity index (χ1v) is 30.1. The van der Waals surface area contributed by atoms with Crippen molar-refractivity contribution in [2.75, 3.05) is 57.6 Å². The van der Waals surface area contributed by atoms with Crippen LogP contribution in [0.4, 0.5) is 5.69 Å². The Kier molecular flexibility index (Phi) is 20.2. The number of aromatic amines is 1. The van der Waals surface area contributed by atoms with E-state index in [1.54, 1.807) is 16.5 Å². The Morgan fingerprint density at radius 3 is 2.34 bits per heavy atom. The smallest absolute Gasteiger partial charge is 0.255 e. The number of aromatic nitrogens is 2. The van der Waals surface area contributed by atoms with Gasteiger partial charge in [0.15, 0.2) is 0 Å². The van der Waals surface area contributed by atoms with E-state index in [0.717, 1.165) is 105 Å². The molecule has 17 nitrogen and oxygen atoms in total. The largest absolute Gasteiger partial charge is 0.494 e. The molecule has 0 bridgehead atoms. The Morgan fingerprint density at radius 2 is 1.61 bits per heavy atom. The van der Waals surface area contributed by atoms with Crippen LogP contribution in [0.15, 0.2) is 95.2 Å². The van der Waals surface area contributed by atoms with Crippen molar-refractivity contribution in [1.82, 2.24) is 30.4 Å². The second-order valence-electron chi connectivity index (χ2n) is 22.3. The van der Waals surface area contributed by atoms with Gasteiger partial charge in [-0.25, -0.2) is 4.98 Å². The van der Waals surface area contributed by atoms with Gasteiger partial charge in [-0.2, -0.15) is 0 Å². The lowest BCUT2D eigenvalue weighted by Crippen LogP contribution is -2.55. The zero-order valence-corrected chi connectivity index (χ0v) is 49.7. The molecule has 9 rings (SSSR count). The lowest BCUT2D eigenvalue weighted by atomic mass is 9.95. The number of hydrogen-bond donors (Lipinski definition) is 4. The van der Waals surface area contributed by atoms with Crippen molar-refractivity contribution in [2.45, 2.75) is 131 Å². The van der Waals surface area contributed by atoms with Crippen molar-refractivity contribution in [3.8, 4) is 33.1 Å². The third-order valence-electron chi connectivity index (χ3n) is 16.2. The number of aryl methyl sites for hydroxylation is 3. The van der Waals surface area contributed by atoms with Gasteiger partial charge in [0.2, 0.25) is 11.8 Å². The van der Waals surface area contributed by atoms with E-state index in [2.05, 4.69) is 38.5 Å². The molecule has 83 heavy (non-hydrogen) atoms. The zero-order valence-electron chi connectivity index (χ0n) is 48.9. The molecule has 3 aliphatic heterocycles. The fourth-order valence-corrected chi connectivity index (χ4v) is 12.5. The minimum atomic E-state index is -0.915. The Bertz CT molecular complexity index is 3320. The molecule has 4 N–H and O–H groups in total. The molecule has 2 fully saturated rings. The molecule has 3 atom stereocenters. The number of aliphatic hydroxyl groups excluding tert-OH is 1. The molecule has 0 spiro atoms. The van der Waals surface area contributed by atoms with Crippen LogP contribution in [0.25, 0.3) is 21.6 Å².